The number of methoxy groups -OCH3 is 2. The first-order chi connectivity index (χ1) is 18.1. The van der Waals surface area contributed by atoms with Gasteiger partial charge in [-0.3, -0.25) is 4.79 Å². The first-order valence-electron chi connectivity index (χ1n) is 11.8. The van der Waals surface area contributed by atoms with Crippen LogP contribution < -0.4 is 24.4 Å². The first kappa shape index (κ1) is 26.8. The number of aromatic nitrogens is 2. The van der Waals surface area contributed by atoms with Crippen LogP contribution in [0, 0.1) is 5.92 Å². The molecule has 2 aromatic carbocycles. The average Bonchev–Trinajstić information content (AvgIpc) is 3.35. The summed E-state index contributed by atoms with van der Waals surface area (Å²) < 4.78 is 51.4. The number of hydrogen-bond donors (Lipinski definition) is 2. The zero-order chi connectivity index (χ0) is 27.3. The van der Waals surface area contributed by atoms with Crippen LogP contribution in [0.2, 0.25) is 0 Å². The summed E-state index contributed by atoms with van der Waals surface area (Å²) in [7, 11) is 3.02. The molecular formula is C26H27F3N4O5. The molecule has 0 radical (unpaired) electrons. The zero-order valence-electron chi connectivity index (χ0n) is 20.7. The van der Waals surface area contributed by atoms with Gasteiger partial charge in [0.05, 0.1) is 20.1 Å². The molecule has 202 valence electrons. The van der Waals surface area contributed by atoms with Crippen molar-refractivity contribution in [3.8, 4) is 17.5 Å². The van der Waals surface area contributed by atoms with E-state index in [-0.39, 0.29) is 24.2 Å². The Labute approximate surface area is 217 Å². The third-order valence-corrected chi connectivity index (χ3v) is 6.26. The lowest BCUT2D eigenvalue weighted by molar-refractivity contribution is -0.274. The van der Waals surface area contributed by atoms with Gasteiger partial charge in [0, 0.05) is 31.6 Å². The molecule has 2 N–H and O–H groups in total. The maximum Gasteiger partial charge on any atom is 0.573 e. The van der Waals surface area contributed by atoms with Crippen molar-refractivity contribution in [2.24, 2.45) is 5.92 Å². The summed E-state index contributed by atoms with van der Waals surface area (Å²) in [5.41, 5.74) is 1.70. The molecule has 0 aliphatic carbocycles. The predicted octanol–water partition coefficient (Wildman–Crippen LogP) is 4.35. The summed E-state index contributed by atoms with van der Waals surface area (Å²) in [6.07, 6.45) is -4.22. The summed E-state index contributed by atoms with van der Waals surface area (Å²) in [4.78, 5) is 22.7. The van der Waals surface area contributed by atoms with E-state index in [4.69, 9.17) is 9.47 Å². The van der Waals surface area contributed by atoms with Gasteiger partial charge in [0.15, 0.2) is 0 Å². The standard InChI is InChI=1S/C26H27F3N4O5/c1-36-18-9-5-17(6-10-18)20-14-33(15-21(20)24(34)35)23-13-22(31-25(32-23)37-2)30-12-11-16-3-7-19(8-4-16)38-26(27,28)29/h3-10,13,20-21H,11-12,14-15H2,1-2H3,(H,34,35)(H,30,31,32)/t20-,21+/m1/s1. The highest BCUT2D eigenvalue weighted by atomic mass is 19.4. The van der Waals surface area contributed by atoms with Crippen LogP contribution in [0.3, 0.4) is 0 Å². The van der Waals surface area contributed by atoms with E-state index in [2.05, 4.69) is 20.0 Å². The van der Waals surface area contributed by atoms with Crippen molar-refractivity contribution in [1.29, 1.82) is 0 Å². The van der Waals surface area contributed by atoms with Crippen molar-refractivity contribution in [3.05, 3.63) is 65.7 Å². The molecule has 0 saturated carbocycles. The van der Waals surface area contributed by atoms with Crippen LogP contribution >= 0.6 is 0 Å². The molecule has 1 saturated heterocycles. The van der Waals surface area contributed by atoms with Crippen molar-refractivity contribution in [2.75, 3.05) is 44.1 Å². The Kier molecular flexibility index (Phi) is 8.08. The second-order valence-electron chi connectivity index (χ2n) is 8.70. The summed E-state index contributed by atoms with van der Waals surface area (Å²) in [6, 6.07) is 14.9. The minimum Gasteiger partial charge on any atom is -0.497 e. The van der Waals surface area contributed by atoms with Crippen LogP contribution in [0.5, 0.6) is 17.5 Å². The minimum atomic E-state index is -4.73. The van der Waals surface area contributed by atoms with E-state index < -0.39 is 18.2 Å². The minimum absolute atomic E-state index is 0.124. The van der Waals surface area contributed by atoms with E-state index in [1.54, 1.807) is 25.3 Å². The Bertz CT molecular complexity index is 1240. The van der Waals surface area contributed by atoms with E-state index >= 15 is 0 Å². The van der Waals surface area contributed by atoms with Gasteiger partial charge in [0.2, 0.25) is 0 Å². The molecule has 0 amide bonds. The van der Waals surface area contributed by atoms with Crippen molar-refractivity contribution >= 4 is 17.6 Å². The van der Waals surface area contributed by atoms with E-state index in [1.165, 1.54) is 19.2 Å². The third kappa shape index (κ3) is 6.75. The van der Waals surface area contributed by atoms with Gasteiger partial charge in [-0.25, -0.2) is 0 Å². The molecule has 12 heteroatoms. The van der Waals surface area contributed by atoms with Crippen LogP contribution in [-0.2, 0) is 11.2 Å². The number of carboxylic acids is 1. The van der Waals surface area contributed by atoms with Gasteiger partial charge in [-0.15, -0.1) is 13.2 Å². The monoisotopic (exact) mass is 532 g/mol. The highest BCUT2D eigenvalue weighted by Gasteiger charge is 2.39. The summed E-state index contributed by atoms with van der Waals surface area (Å²) >= 11 is 0. The number of carbonyl (C=O) groups is 1. The fraction of sp³-hybridized carbons (Fsp3) is 0.346. The normalized spacial score (nSPS) is 17.2. The molecule has 0 spiro atoms. The maximum absolute atomic E-state index is 12.3. The highest BCUT2D eigenvalue weighted by molar-refractivity contribution is 5.74. The van der Waals surface area contributed by atoms with Crippen LogP contribution in [-0.4, -0.2) is 61.3 Å². The Morgan fingerprint density at radius 3 is 2.32 bits per heavy atom. The Balaban J connectivity index is 1.44. The lowest BCUT2D eigenvalue weighted by Crippen LogP contribution is -2.24. The number of nitrogens with zero attached hydrogens (tertiary/aromatic N) is 3. The molecule has 9 nitrogen and oxygen atoms in total. The number of rotatable bonds is 10. The quantitative estimate of drug-likeness (QED) is 0.394. The number of aliphatic carboxylic acids is 1. The van der Waals surface area contributed by atoms with Crippen molar-refractivity contribution in [3.63, 3.8) is 0 Å². The third-order valence-electron chi connectivity index (χ3n) is 6.26. The van der Waals surface area contributed by atoms with E-state index in [1.807, 2.05) is 29.2 Å². The largest absolute Gasteiger partial charge is 0.573 e. The molecular weight excluding hydrogens is 505 g/mol. The van der Waals surface area contributed by atoms with Gasteiger partial charge in [-0.1, -0.05) is 24.3 Å². The molecule has 2 heterocycles. The number of halogens is 3. The maximum atomic E-state index is 12.3. The van der Waals surface area contributed by atoms with Crippen LogP contribution in [0.25, 0.3) is 0 Å². The lowest BCUT2D eigenvalue weighted by Gasteiger charge is -2.19. The van der Waals surface area contributed by atoms with Gasteiger partial charge in [0.25, 0.3) is 0 Å². The molecule has 1 aliphatic rings. The molecule has 4 rings (SSSR count). The number of anilines is 2. The summed E-state index contributed by atoms with van der Waals surface area (Å²) in [5, 5.41) is 13.1. The number of ether oxygens (including phenoxy) is 3. The summed E-state index contributed by atoms with van der Waals surface area (Å²) in [5.74, 6) is -0.363. The highest BCUT2D eigenvalue weighted by Crippen LogP contribution is 2.36. The smallest absolute Gasteiger partial charge is 0.497 e. The number of hydrogen-bond acceptors (Lipinski definition) is 8. The summed E-state index contributed by atoms with van der Waals surface area (Å²) in [6.45, 7) is 1.14. The van der Waals surface area contributed by atoms with Crippen molar-refractivity contribution in [1.82, 2.24) is 9.97 Å². The van der Waals surface area contributed by atoms with Gasteiger partial charge < -0.3 is 29.5 Å². The molecule has 1 fully saturated rings. The van der Waals surface area contributed by atoms with Crippen LogP contribution in [0.4, 0.5) is 24.8 Å². The fourth-order valence-corrected chi connectivity index (χ4v) is 4.38. The molecule has 0 unspecified atom stereocenters. The van der Waals surface area contributed by atoms with E-state index in [0.29, 0.717) is 36.9 Å². The molecule has 2 atom stereocenters. The predicted molar refractivity (Wildman–Crippen MR) is 133 cm³/mol. The molecule has 1 aromatic heterocycles. The molecule has 1 aliphatic heterocycles. The molecule has 38 heavy (non-hydrogen) atoms. The average molecular weight is 533 g/mol. The SMILES string of the molecule is COc1ccc([C@H]2CN(c3cc(NCCc4ccc(OC(F)(F)F)cc4)nc(OC)n3)C[C@@H]2C(=O)O)cc1. The van der Waals surface area contributed by atoms with Crippen LogP contribution in [0.1, 0.15) is 17.0 Å². The van der Waals surface area contributed by atoms with Gasteiger partial charge in [-0.2, -0.15) is 9.97 Å². The lowest BCUT2D eigenvalue weighted by atomic mass is 9.89. The Morgan fingerprint density at radius 2 is 1.71 bits per heavy atom. The number of alkyl halides is 3. The first-order valence-corrected chi connectivity index (χ1v) is 11.8. The van der Waals surface area contributed by atoms with Crippen LogP contribution in [0.15, 0.2) is 54.6 Å². The molecule has 0 bridgehead atoms. The van der Waals surface area contributed by atoms with E-state index in [0.717, 1.165) is 11.1 Å². The van der Waals surface area contributed by atoms with Gasteiger partial charge in [0.1, 0.15) is 23.1 Å². The van der Waals surface area contributed by atoms with Gasteiger partial charge in [-0.05, 0) is 41.8 Å². The Morgan fingerprint density at radius 1 is 1.03 bits per heavy atom. The van der Waals surface area contributed by atoms with Crippen molar-refractivity contribution < 1.29 is 37.3 Å². The molecule has 3 aromatic rings. The number of carboxylic acid groups (broad SMARTS) is 1. The second kappa shape index (κ2) is 11.4. The number of nitrogens with one attached hydrogen (secondary N) is 1. The topological polar surface area (TPSA) is 106 Å². The van der Waals surface area contributed by atoms with Gasteiger partial charge >= 0.3 is 18.3 Å². The Hall–Kier alpha value is -4.22. The fourth-order valence-electron chi connectivity index (χ4n) is 4.38. The zero-order valence-corrected chi connectivity index (χ0v) is 20.7. The van der Waals surface area contributed by atoms with E-state index in [9.17, 15) is 23.1 Å². The number of benzene rings is 2. The van der Waals surface area contributed by atoms with Crippen molar-refractivity contribution in [2.45, 2.75) is 18.7 Å². The second-order valence-corrected chi connectivity index (χ2v) is 8.70.